The molecule has 9 rings (SSSR count). The maximum Gasteiger partial charge on any atom is 0.343 e. The Balaban J connectivity index is 1.11. The van der Waals surface area contributed by atoms with Crippen molar-refractivity contribution in [1.82, 2.24) is 0 Å². The molecule has 0 amide bonds. The van der Waals surface area contributed by atoms with E-state index in [4.69, 9.17) is 66.3 Å². The Morgan fingerprint density at radius 3 is 1.45 bits per heavy atom. The zero-order chi connectivity index (χ0) is 65.1. The highest BCUT2D eigenvalue weighted by Gasteiger charge is 2.57. The fourth-order valence-electron chi connectivity index (χ4n) is 9.88. The lowest BCUT2D eigenvalue weighted by Gasteiger charge is -2.48. The summed E-state index contributed by atoms with van der Waals surface area (Å²) in [7, 11) is 2.77. The van der Waals surface area contributed by atoms with Gasteiger partial charge in [0, 0.05) is 19.9 Å². The van der Waals surface area contributed by atoms with Crippen LogP contribution in [0.4, 0.5) is 0 Å². The van der Waals surface area contributed by atoms with E-state index in [0.29, 0.717) is 11.1 Å². The van der Waals surface area contributed by atoms with Crippen LogP contribution in [0.1, 0.15) is 83.7 Å². The van der Waals surface area contributed by atoms with E-state index in [1.54, 1.807) is 133 Å². The first-order chi connectivity index (χ1) is 44.5. The molecule has 476 valence electrons. The zero-order valence-corrected chi connectivity index (χ0v) is 50.4. The predicted octanol–water partition coefficient (Wildman–Crippen LogP) is 9.35. The summed E-state index contributed by atoms with van der Waals surface area (Å²) in [5, 5.41) is 0. The average Bonchev–Trinajstić information content (AvgIpc) is 0.778. The number of carbonyl (C=O) groups is 8. The van der Waals surface area contributed by atoms with Gasteiger partial charge in [-0.2, -0.15) is 0 Å². The van der Waals surface area contributed by atoms with Gasteiger partial charge in [-0.25, -0.2) is 28.8 Å². The molecule has 0 radical (unpaired) electrons. The fourth-order valence-corrected chi connectivity index (χ4v) is 9.88. The molecule has 92 heavy (non-hydrogen) atoms. The lowest BCUT2D eigenvalue weighted by molar-refractivity contribution is -0.356. The summed E-state index contributed by atoms with van der Waals surface area (Å²) in [6.45, 7) is 2.66. The maximum atomic E-state index is 14.6. The molecule has 0 bridgehead atoms. The van der Waals surface area contributed by atoms with E-state index in [1.807, 2.05) is 0 Å². The molecule has 7 aromatic rings. The van der Waals surface area contributed by atoms with E-state index in [0.717, 1.165) is 19.9 Å². The highest BCUT2D eigenvalue weighted by molar-refractivity contribution is 5.93. The van der Waals surface area contributed by atoms with Crippen LogP contribution in [0.2, 0.25) is 0 Å². The first kappa shape index (κ1) is 65.9. The van der Waals surface area contributed by atoms with Gasteiger partial charge in [-0.15, -0.1) is 0 Å². The second kappa shape index (κ2) is 31.8. The van der Waals surface area contributed by atoms with E-state index in [1.165, 1.54) is 81.8 Å². The van der Waals surface area contributed by atoms with Crippen LogP contribution in [0.3, 0.4) is 0 Å². The van der Waals surface area contributed by atoms with E-state index >= 15 is 0 Å². The summed E-state index contributed by atoms with van der Waals surface area (Å²) >= 11 is 0. The Bertz CT molecular complexity index is 3710. The molecule has 2 aliphatic rings. The SMILES string of the molecule is COc1cc(/C=C\C(=O)O[C@H]2[C@H](O[C@@H]3O[C@@H](C)[C@H](OC(=O)c4ccccc4)[C@@H](OC(C)=O)[C@H]3OC(C)=O)[C@@H](OC(=O)c3ccccc3)[C@H](OCCc3ccc(OC)c(OC(=O)c4ccccc4)c3)O[C@@H]2COC(=O)c2ccccc2)ccc1OC(=O)c1ccccc1. The van der Waals surface area contributed by atoms with Crippen LogP contribution in [0, 0.1) is 0 Å². The summed E-state index contributed by atoms with van der Waals surface area (Å²) in [5.41, 5.74) is 1.77. The van der Waals surface area contributed by atoms with Crippen molar-refractivity contribution in [3.05, 3.63) is 233 Å². The van der Waals surface area contributed by atoms with Crippen LogP contribution in [-0.4, -0.2) is 137 Å². The Morgan fingerprint density at radius 2 is 0.913 bits per heavy atom. The van der Waals surface area contributed by atoms with Crippen LogP contribution >= 0.6 is 0 Å². The van der Waals surface area contributed by atoms with Crippen molar-refractivity contribution in [2.45, 2.75) is 88.6 Å². The first-order valence-corrected chi connectivity index (χ1v) is 29.0. The number of esters is 8. The second-order valence-corrected chi connectivity index (χ2v) is 20.7. The Morgan fingerprint density at radius 1 is 0.435 bits per heavy atom. The zero-order valence-electron chi connectivity index (χ0n) is 50.4. The van der Waals surface area contributed by atoms with E-state index < -0.39 is 116 Å². The Kier molecular flexibility index (Phi) is 22.8. The highest BCUT2D eigenvalue weighted by atomic mass is 16.8. The largest absolute Gasteiger partial charge is 0.493 e. The molecule has 0 saturated carbocycles. The predicted molar refractivity (Wildman–Crippen MR) is 324 cm³/mol. The van der Waals surface area contributed by atoms with E-state index in [2.05, 4.69) is 0 Å². The molecular weight excluding hydrogens is 1190 g/mol. The fraction of sp³-hybridized carbons (Fsp3) is 0.257. The summed E-state index contributed by atoms with van der Waals surface area (Å²) in [4.78, 5) is 109. The lowest BCUT2D eigenvalue weighted by atomic mass is 9.96. The number of hydrogen-bond donors (Lipinski definition) is 0. The normalized spacial score (nSPS) is 20.9. The van der Waals surface area contributed by atoms with Gasteiger partial charge in [0.05, 0.1) is 54.7 Å². The van der Waals surface area contributed by atoms with Gasteiger partial charge in [0.1, 0.15) is 18.8 Å². The van der Waals surface area contributed by atoms with E-state index in [-0.39, 0.29) is 63.8 Å². The summed E-state index contributed by atoms with van der Waals surface area (Å²) < 4.78 is 85.2. The molecule has 0 aromatic heterocycles. The lowest BCUT2D eigenvalue weighted by Crippen LogP contribution is -2.66. The number of ether oxygens (including phenoxy) is 14. The monoisotopic (exact) mass is 1260 g/mol. The molecule has 2 fully saturated rings. The van der Waals surface area contributed by atoms with Crippen molar-refractivity contribution in [1.29, 1.82) is 0 Å². The van der Waals surface area contributed by atoms with Crippen molar-refractivity contribution in [2.75, 3.05) is 27.4 Å². The van der Waals surface area contributed by atoms with Crippen molar-refractivity contribution in [3.63, 3.8) is 0 Å². The molecule has 2 aliphatic heterocycles. The Hall–Kier alpha value is -10.5. The van der Waals surface area contributed by atoms with Crippen molar-refractivity contribution >= 4 is 53.8 Å². The van der Waals surface area contributed by atoms with Gasteiger partial charge in [-0.1, -0.05) is 103 Å². The third-order valence-electron chi connectivity index (χ3n) is 14.3. The highest BCUT2D eigenvalue weighted by Crippen LogP contribution is 2.37. The summed E-state index contributed by atoms with van der Waals surface area (Å²) in [6.07, 6.45) is -14.4. The molecule has 0 spiro atoms. The molecular formula is C70H64O22. The summed E-state index contributed by atoms with van der Waals surface area (Å²) in [6, 6.07) is 49.6. The van der Waals surface area contributed by atoms with Gasteiger partial charge in [0.25, 0.3) is 0 Å². The maximum absolute atomic E-state index is 14.6. The van der Waals surface area contributed by atoms with Crippen molar-refractivity contribution < 1.29 is 105 Å². The topological polar surface area (TPSA) is 266 Å². The molecule has 22 heteroatoms. The molecule has 2 saturated heterocycles. The van der Waals surface area contributed by atoms with E-state index in [9.17, 15) is 38.4 Å². The minimum Gasteiger partial charge on any atom is -0.493 e. The number of benzene rings is 7. The third kappa shape index (κ3) is 17.5. The third-order valence-corrected chi connectivity index (χ3v) is 14.3. The van der Waals surface area contributed by atoms with Crippen LogP contribution in [0.15, 0.2) is 194 Å². The molecule has 10 atom stereocenters. The standard InChI is InChI=1S/C70H64O22/c1-42-58(90-67(77)50-27-17-9-18-28-50)60(84-43(2)71)63(85-44(3)72)70(83-42)92-61-59(89-57(73)36-33-45-32-35-53(54(39-45)80-5)86-65(75)48-23-13-7-14-24-48)56(41-82-64(74)47-21-11-6-12-22-47)88-69(62(61)91-68(78)51-29-19-10-20-30-51)81-38-37-46-31-34-52(79-4)55(40-46)87-66(76)49-25-15-8-16-26-49/h6-36,39-40,42,56,58-63,69-70H,37-38,41H2,1-5H3/b36-33-/t42-,56+,58-,59+,60+,61-,62+,63+,69+,70-/m0/s1. The van der Waals surface area contributed by atoms with Crippen LogP contribution in [-0.2, 0) is 68.2 Å². The minimum absolute atomic E-state index is 0.0332. The number of rotatable bonds is 24. The van der Waals surface area contributed by atoms with Gasteiger partial charge in [0.2, 0.25) is 0 Å². The average molecular weight is 1260 g/mol. The van der Waals surface area contributed by atoms with Gasteiger partial charge in [0.15, 0.2) is 66.1 Å². The molecule has 22 nitrogen and oxygen atoms in total. The quantitative estimate of drug-likeness (QED) is 0.0236. The smallest absolute Gasteiger partial charge is 0.343 e. The summed E-state index contributed by atoms with van der Waals surface area (Å²) in [5.74, 6) is -6.35. The van der Waals surface area contributed by atoms with Crippen LogP contribution in [0.5, 0.6) is 23.0 Å². The number of methoxy groups -OCH3 is 2. The van der Waals surface area contributed by atoms with Crippen LogP contribution < -0.4 is 18.9 Å². The van der Waals surface area contributed by atoms with Crippen LogP contribution in [0.25, 0.3) is 6.08 Å². The Labute approximate surface area is 528 Å². The van der Waals surface area contributed by atoms with Crippen molar-refractivity contribution in [3.8, 4) is 23.0 Å². The number of hydrogen-bond acceptors (Lipinski definition) is 22. The molecule has 0 unspecified atom stereocenters. The first-order valence-electron chi connectivity index (χ1n) is 29.0. The van der Waals surface area contributed by atoms with Crippen molar-refractivity contribution in [2.24, 2.45) is 0 Å². The van der Waals surface area contributed by atoms with Gasteiger partial charge >= 0.3 is 47.8 Å². The van der Waals surface area contributed by atoms with Gasteiger partial charge in [-0.05, 0) is 115 Å². The molecule has 2 heterocycles. The molecule has 0 N–H and O–H groups in total. The molecule has 7 aromatic carbocycles. The second-order valence-electron chi connectivity index (χ2n) is 20.7. The minimum atomic E-state index is -1.88. The van der Waals surface area contributed by atoms with Gasteiger partial charge in [-0.3, -0.25) is 9.59 Å². The van der Waals surface area contributed by atoms with Gasteiger partial charge < -0.3 is 66.3 Å². The number of carbonyl (C=O) groups excluding carboxylic acids is 8. The molecule has 0 aliphatic carbocycles.